The zero-order valence-electron chi connectivity index (χ0n) is 15.6. The predicted octanol–water partition coefficient (Wildman–Crippen LogP) is 1.47. The highest BCUT2D eigenvalue weighted by atomic mass is 16.5. The largest absolute Gasteiger partial charge is 0.497 e. The summed E-state index contributed by atoms with van der Waals surface area (Å²) < 4.78 is 10.5. The third-order valence-corrected chi connectivity index (χ3v) is 3.47. The minimum absolute atomic E-state index is 0.0380. The van der Waals surface area contributed by atoms with E-state index in [1.807, 2.05) is 32.0 Å². The standard InChI is InChI=1S/C18H25N5O3/c1-13-21-16(11-17(22-13)23(2)3)19-9-10-20-18(24)12-26-15-7-5-14(25-4)6-8-15/h5-8,11H,9-10,12H2,1-4H3,(H,20,24)(H,19,21,22). The van der Waals surface area contributed by atoms with Gasteiger partial charge in [-0.25, -0.2) is 9.97 Å². The van der Waals surface area contributed by atoms with Crippen molar-refractivity contribution in [3.05, 3.63) is 36.2 Å². The summed E-state index contributed by atoms with van der Waals surface area (Å²) in [4.78, 5) is 22.4. The van der Waals surface area contributed by atoms with E-state index in [1.165, 1.54) is 0 Å². The molecule has 1 amide bonds. The summed E-state index contributed by atoms with van der Waals surface area (Å²) in [5, 5.41) is 5.97. The van der Waals surface area contributed by atoms with E-state index in [4.69, 9.17) is 9.47 Å². The Labute approximate surface area is 153 Å². The molecule has 140 valence electrons. The van der Waals surface area contributed by atoms with Gasteiger partial charge in [0.1, 0.15) is 29.0 Å². The van der Waals surface area contributed by atoms with E-state index in [-0.39, 0.29) is 12.5 Å². The van der Waals surface area contributed by atoms with E-state index < -0.39 is 0 Å². The van der Waals surface area contributed by atoms with Gasteiger partial charge in [0.25, 0.3) is 5.91 Å². The van der Waals surface area contributed by atoms with Crippen molar-refractivity contribution in [1.82, 2.24) is 15.3 Å². The molecule has 0 unspecified atom stereocenters. The molecule has 1 aromatic heterocycles. The minimum atomic E-state index is -0.185. The number of nitrogens with zero attached hydrogens (tertiary/aromatic N) is 3. The number of carbonyl (C=O) groups excluding carboxylic acids is 1. The van der Waals surface area contributed by atoms with Crippen LogP contribution in [0.5, 0.6) is 11.5 Å². The van der Waals surface area contributed by atoms with Crippen LogP contribution in [-0.4, -0.2) is 56.8 Å². The van der Waals surface area contributed by atoms with Crippen LogP contribution in [0.1, 0.15) is 5.82 Å². The lowest BCUT2D eigenvalue weighted by molar-refractivity contribution is -0.123. The van der Waals surface area contributed by atoms with Crippen LogP contribution >= 0.6 is 0 Å². The highest BCUT2D eigenvalue weighted by molar-refractivity contribution is 5.77. The van der Waals surface area contributed by atoms with Gasteiger partial charge in [0.2, 0.25) is 0 Å². The summed E-state index contributed by atoms with van der Waals surface area (Å²) in [7, 11) is 5.45. The second kappa shape index (κ2) is 9.45. The molecule has 2 N–H and O–H groups in total. The van der Waals surface area contributed by atoms with Gasteiger partial charge >= 0.3 is 0 Å². The Bertz CT molecular complexity index is 719. The van der Waals surface area contributed by atoms with Crippen LogP contribution in [0.4, 0.5) is 11.6 Å². The van der Waals surface area contributed by atoms with Gasteiger partial charge in [-0.1, -0.05) is 0 Å². The van der Waals surface area contributed by atoms with Gasteiger partial charge in [0, 0.05) is 33.3 Å². The maximum absolute atomic E-state index is 11.8. The number of carbonyl (C=O) groups is 1. The first-order chi connectivity index (χ1) is 12.5. The lowest BCUT2D eigenvalue weighted by atomic mass is 10.3. The SMILES string of the molecule is COc1ccc(OCC(=O)NCCNc2cc(N(C)C)nc(C)n2)cc1. The average Bonchev–Trinajstić information content (AvgIpc) is 2.63. The molecule has 0 aliphatic carbocycles. The summed E-state index contributed by atoms with van der Waals surface area (Å²) >= 11 is 0. The molecule has 2 aromatic rings. The third-order valence-electron chi connectivity index (χ3n) is 3.47. The molecular formula is C18H25N5O3. The normalized spacial score (nSPS) is 10.2. The molecule has 2 rings (SSSR count). The number of rotatable bonds is 9. The molecular weight excluding hydrogens is 334 g/mol. The van der Waals surface area contributed by atoms with Gasteiger partial charge in [0.15, 0.2) is 6.61 Å². The van der Waals surface area contributed by atoms with Crippen LogP contribution in [-0.2, 0) is 4.79 Å². The first kappa shape index (κ1) is 19.3. The van der Waals surface area contributed by atoms with Crippen molar-refractivity contribution in [1.29, 1.82) is 0 Å². The number of hydrogen-bond donors (Lipinski definition) is 2. The van der Waals surface area contributed by atoms with E-state index in [9.17, 15) is 4.79 Å². The molecule has 8 nitrogen and oxygen atoms in total. The summed E-state index contributed by atoms with van der Waals surface area (Å²) in [6, 6.07) is 8.94. The molecule has 1 heterocycles. The summed E-state index contributed by atoms with van der Waals surface area (Å²) in [6.45, 7) is 2.82. The molecule has 0 radical (unpaired) electrons. The fourth-order valence-electron chi connectivity index (χ4n) is 2.14. The van der Waals surface area contributed by atoms with Crippen LogP contribution in [0.2, 0.25) is 0 Å². The van der Waals surface area contributed by atoms with Crippen LogP contribution in [0.25, 0.3) is 0 Å². The number of nitrogens with one attached hydrogen (secondary N) is 2. The number of benzene rings is 1. The van der Waals surface area contributed by atoms with E-state index in [2.05, 4.69) is 20.6 Å². The smallest absolute Gasteiger partial charge is 0.258 e. The van der Waals surface area contributed by atoms with Crippen molar-refractivity contribution in [2.75, 3.05) is 51.1 Å². The lowest BCUT2D eigenvalue weighted by Gasteiger charge is -2.14. The summed E-state index contributed by atoms with van der Waals surface area (Å²) in [5.74, 6) is 3.42. The van der Waals surface area contributed by atoms with Crippen LogP contribution in [0, 0.1) is 6.92 Å². The summed E-state index contributed by atoms with van der Waals surface area (Å²) in [6.07, 6.45) is 0. The molecule has 8 heteroatoms. The molecule has 0 fully saturated rings. The van der Waals surface area contributed by atoms with Crippen molar-refractivity contribution in [2.45, 2.75) is 6.92 Å². The van der Waals surface area contributed by atoms with E-state index >= 15 is 0 Å². The van der Waals surface area contributed by atoms with Gasteiger partial charge in [-0.2, -0.15) is 0 Å². The molecule has 0 saturated carbocycles. The molecule has 0 aliphatic rings. The van der Waals surface area contributed by atoms with Crippen LogP contribution in [0.15, 0.2) is 30.3 Å². The maximum atomic E-state index is 11.8. The van der Waals surface area contributed by atoms with Crippen molar-refractivity contribution in [2.24, 2.45) is 0 Å². The number of aryl methyl sites for hydroxylation is 1. The minimum Gasteiger partial charge on any atom is -0.497 e. The Morgan fingerprint density at radius 1 is 1.12 bits per heavy atom. The van der Waals surface area contributed by atoms with Gasteiger partial charge in [-0.15, -0.1) is 0 Å². The molecule has 26 heavy (non-hydrogen) atoms. The zero-order valence-corrected chi connectivity index (χ0v) is 15.6. The monoisotopic (exact) mass is 359 g/mol. The Hall–Kier alpha value is -3.03. The number of hydrogen-bond acceptors (Lipinski definition) is 7. The number of methoxy groups -OCH3 is 1. The first-order valence-electron chi connectivity index (χ1n) is 8.28. The van der Waals surface area contributed by atoms with E-state index in [0.29, 0.717) is 24.7 Å². The van der Waals surface area contributed by atoms with Crippen molar-refractivity contribution < 1.29 is 14.3 Å². The Balaban J connectivity index is 1.69. The Kier molecular flexibility index (Phi) is 7.02. The van der Waals surface area contributed by atoms with Gasteiger partial charge in [-0.05, 0) is 31.2 Å². The lowest BCUT2D eigenvalue weighted by Crippen LogP contribution is -2.32. The highest BCUT2D eigenvalue weighted by Crippen LogP contribution is 2.16. The number of anilines is 2. The quantitative estimate of drug-likeness (QED) is 0.655. The molecule has 1 aromatic carbocycles. The predicted molar refractivity (Wildman–Crippen MR) is 101 cm³/mol. The molecule has 0 bridgehead atoms. The highest BCUT2D eigenvalue weighted by Gasteiger charge is 2.05. The fourth-order valence-corrected chi connectivity index (χ4v) is 2.14. The van der Waals surface area contributed by atoms with Gasteiger partial charge in [-0.3, -0.25) is 4.79 Å². The molecule has 0 spiro atoms. The van der Waals surface area contributed by atoms with E-state index in [0.717, 1.165) is 17.4 Å². The third kappa shape index (κ3) is 6.12. The van der Waals surface area contributed by atoms with Gasteiger partial charge in [0.05, 0.1) is 7.11 Å². The number of aromatic nitrogens is 2. The molecule has 0 saturated heterocycles. The van der Waals surface area contributed by atoms with Crippen LogP contribution < -0.4 is 25.0 Å². The average molecular weight is 359 g/mol. The topological polar surface area (TPSA) is 88.6 Å². The Morgan fingerprint density at radius 2 is 1.81 bits per heavy atom. The number of ether oxygens (including phenoxy) is 2. The van der Waals surface area contributed by atoms with Crippen molar-refractivity contribution in [3.8, 4) is 11.5 Å². The molecule has 0 aliphatic heterocycles. The number of amides is 1. The van der Waals surface area contributed by atoms with E-state index in [1.54, 1.807) is 31.4 Å². The maximum Gasteiger partial charge on any atom is 0.258 e. The zero-order chi connectivity index (χ0) is 18.9. The van der Waals surface area contributed by atoms with Crippen LogP contribution in [0.3, 0.4) is 0 Å². The molecule has 0 atom stereocenters. The first-order valence-corrected chi connectivity index (χ1v) is 8.28. The van der Waals surface area contributed by atoms with Crippen molar-refractivity contribution >= 4 is 17.5 Å². The second-order valence-corrected chi connectivity index (χ2v) is 5.79. The fraction of sp³-hybridized carbons (Fsp3) is 0.389. The second-order valence-electron chi connectivity index (χ2n) is 5.79. The Morgan fingerprint density at radius 3 is 2.46 bits per heavy atom. The van der Waals surface area contributed by atoms with Crippen molar-refractivity contribution in [3.63, 3.8) is 0 Å². The van der Waals surface area contributed by atoms with Gasteiger partial charge < -0.3 is 25.0 Å². The summed E-state index contributed by atoms with van der Waals surface area (Å²) in [5.41, 5.74) is 0.